The predicted octanol–water partition coefficient (Wildman–Crippen LogP) is 7.75. The van der Waals surface area contributed by atoms with Crippen molar-refractivity contribution in [2.24, 2.45) is 10.9 Å². The summed E-state index contributed by atoms with van der Waals surface area (Å²) in [6.07, 6.45) is 13.0. The van der Waals surface area contributed by atoms with Gasteiger partial charge in [0.1, 0.15) is 6.61 Å². The molecule has 1 N–H and O–H groups in total. The van der Waals surface area contributed by atoms with Crippen molar-refractivity contribution in [3.05, 3.63) is 93.5 Å². The van der Waals surface area contributed by atoms with Crippen LogP contribution in [0.2, 0.25) is 0 Å². The number of fused-ring (bicyclic) bond motifs is 3. The first-order valence-corrected chi connectivity index (χ1v) is 13.1. The molecule has 3 atom stereocenters. The summed E-state index contributed by atoms with van der Waals surface area (Å²) in [5.74, 6) is 4.72. The van der Waals surface area contributed by atoms with Gasteiger partial charge in [-0.1, -0.05) is 47.9 Å². The maximum atomic E-state index is 5.76. The lowest BCUT2D eigenvalue weighted by Crippen LogP contribution is -2.29. The lowest BCUT2D eigenvalue weighted by molar-refractivity contribution is 0.298. The molecule has 0 bridgehead atoms. The second-order valence-electron chi connectivity index (χ2n) is 9.17. The monoisotopic (exact) mass is 540 g/mol. The van der Waals surface area contributed by atoms with Gasteiger partial charge in [-0.3, -0.25) is 4.99 Å². The number of rotatable bonds is 7. The third-order valence-electron chi connectivity index (χ3n) is 6.76. The van der Waals surface area contributed by atoms with E-state index in [-0.39, 0.29) is 12.6 Å². The molecular formula is C31H29BrN2O2. The summed E-state index contributed by atoms with van der Waals surface area (Å²) in [6.45, 7) is 4.80. The molecule has 2 aliphatic rings. The normalized spacial score (nSPS) is 19.9. The smallest absolute Gasteiger partial charge is 0.176 e. The highest BCUT2D eigenvalue weighted by Crippen LogP contribution is 2.50. The van der Waals surface area contributed by atoms with E-state index in [9.17, 15) is 0 Å². The van der Waals surface area contributed by atoms with E-state index in [2.05, 4.69) is 88.7 Å². The van der Waals surface area contributed by atoms with Crippen LogP contribution < -0.4 is 14.8 Å². The Morgan fingerprint density at radius 1 is 1.14 bits per heavy atom. The molecule has 0 spiro atoms. The van der Waals surface area contributed by atoms with Crippen molar-refractivity contribution >= 4 is 33.5 Å². The molecule has 1 heterocycles. The molecule has 1 aliphatic carbocycles. The van der Waals surface area contributed by atoms with Gasteiger partial charge < -0.3 is 14.8 Å². The second kappa shape index (κ2) is 10.6. The topological polar surface area (TPSA) is 42.8 Å². The van der Waals surface area contributed by atoms with E-state index >= 15 is 0 Å². The van der Waals surface area contributed by atoms with Crippen molar-refractivity contribution in [3.63, 3.8) is 0 Å². The van der Waals surface area contributed by atoms with Crippen LogP contribution in [-0.4, -0.2) is 19.4 Å². The van der Waals surface area contributed by atoms with Crippen LogP contribution in [0.15, 0.2) is 76.2 Å². The molecule has 1 aliphatic heterocycles. The average molecular weight is 541 g/mol. The molecule has 0 radical (unpaired) electrons. The number of hydrogen-bond acceptors (Lipinski definition) is 4. The SMILES string of the molecule is C#CCOc1c(Br)cc(C=Nc2ccc([C@@H]3Nc4ccc(C)cc4[C@@H]4C=CC[C@@H]43)cc2)cc1OCC. The fraction of sp³-hybridized carbons (Fsp3) is 0.258. The molecule has 0 unspecified atom stereocenters. The van der Waals surface area contributed by atoms with Crippen molar-refractivity contribution in [1.82, 2.24) is 0 Å². The fourth-order valence-corrected chi connectivity index (χ4v) is 5.71. The zero-order valence-electron chi connectivity index (χ0n) is 20.5. The third kappa shape index (κ3) is 4.92. The number of aryl methyl sites for hydroxylation is 1. The number of hydrogen-bond donors (Lipinski definition) is 1. The van der Waals surface area contributed by atoms with Gasteiger partial charge in [0.2, 0.25) is 0 Å². The van der Waals surface area contributed by atoms with Crippen LogP contribution in [0.1, 0.15) is 47.6 Å². The predicted molar refractivity (Wildman–Crippen MR) is 151 cm³/mol. The Hall–Kier alpha value is -3.49. The quantitative estimate of drug-likeness (QED) is 0.189. The zero-order chi connectivity index (χ0) is 25.1. The van der Waals surface area contributed by atoms with Gasteiger partial charge in [0.15, 0.2) is 11.5 Å². The number of nitrogens with zero attached hydrogens (tertiary/aromatic N) is 1. The molecule has 0 saturated carbocycles. The number of benzene rings is 3. The molecule has 3 aromatic rings. The minimum Gasteiger partial charge on any atom is -0.490 e. The first kappa shape index (κ1) is 24.2. The van der Waals surface area contributed by atoms with Gasteiger partial charge in [0, 0.05) is 17.8 Å². The summed E-state index contributed by atoms with van der Waals surface area (Å²) < 4.78 is 12.2. The van der Waals surface area contributed by atoms with Crippen LogP contribution in [0.4, 0.5) is 11.4 Å². The number of allylic oxidation sites excluding steroid dienone is 2. The van der Waals surface area contributed by atoms with E-state index in [0.717, 1.165) is 22.1 Å². The minimum atomic E-state index is 0.178. The number of anilines is 1. The summed E-state index contributed by atoms with van der Waals surface area (Å²) >= 11 is 3.57. The summed E-state index contributed by atoms with van der Waals surface area (Å²) in [4.78, 5) is 4.70. The van der Waals surface area contributed by atoms with E-state index in [0.29, 0.717) is 29.9 Å². The van der Waals surface area contributed by atoms with Crippen LogP contribution in [-0.2, 0) is 0 Å². The fourth-order valence-electron chi connectivity index (χ4n) is 5.14. The van der Waals surface area contributed by atoms with Crippen molar-refractivity contribution in [1.29, 1.82) is 0 Å². The Labute approximate surface area is 221 Å². The Morgan fingerprint density at radius 3 is 2.75 bits per heavy atom. The molecule has 182 valence electrons. The first-order chi connectivity index (χ1) is 17.6. The molecule has 5 heteroatoms. The van der Waals surface area contributed by atoms with Crippen LogP contribution in [0.5, 0.6) is 11.5 Å². The van der Waals surface area contributed by atoms with Crippen molar-refractivity contribution in [3.8, 4) is 23.8 Å². The van der Waals surface area contributed by atoms with E-state index in [1.807, 2.05) is 25.3 Å². The van der Waals surface area contributed by atoms with E-state index in [4.69, 9.17) is 20.9 Å². The van der Waals surface area contributed by atoms with Crippen LogP contribution in [0.3, 0.4) is 0 Å². The van der Waals surface area contributed by atoms with Crippen molar-refractivity contribution in [2.45, 2.75) is 32.2 Å². The van der Waals surface area contributed by atoms with Gasteiger partial charge in [-0.05, 0) is 89.1 Å². The lowest BCUT2D eigenvalue weighted by atomic mass is 9.76. The van der Waals surface area contributed by atoms with Crippen LogP contribution in [0, 0.1) is 25.2 Å². The summed E-state index contributed by atoms with van der Waals surface area (Å²) in [6, 6.07) is 19.4. The Bertz CT molecular complexity index is 1350. The molecule has 0 amide bonds. The first-order valence-electron chi connectivity index (χ1n) is 12.3. The highest BCUT2D eigenvalue weighted by atomic mass is 79.9. The summed E-state index contributed by atoms with van der Waals surface area (Å²) in [5, 5.41) is 3.81. The summed E-state index contributed by atoms with van der Waals surface area (Å²) in [5.41, 5.74) is 7.06. The number of terminal acetylenes is 1. The van der Waals surface area contributed by atoms with Gasteiger partial charge in [-0.15, -0.1) is 6.42 Å². The molecule has 4 nitrogen and oxygen atoms in total. The minimum absolute atomic E-state index is 0.178. The molecule has 0 saturated heterocycles. The number of nitrogens with one attached hydrogen (secondary N) is 1. The molecule has 0 fully saturated rings. The van der Waals surface area contributed by atoms with Gasteiger partial charge in [0.05, 0.1) is 22.8 Å². The lowest BCUT2D eigenvalue weighted by Gasteiger charge is -2.37. The van der Waals surface area contributed by atoms with Gasteiger partial charge in [-0.2, -0.15) is 0 Å². The highest BCUT2D eigenvalue weighted by molar-refractivity contribution is 9.10. The largest absolute Gasteiger partial charge is 0.490 e. The van der Waals surface area contributed by atoms with Crippen LogP contribution in [0.25, 0.3) is 0 Å². The second-order valence-corrected chi connectivity index (χ2v) is 10.0. The summed E-state index contributed by atoms with van der Waals surface area (Å²) in [7, 11) is 0. The van der Waals surface area contributed by atoms with E-state index in [1.165, 1.54) is 22.4 Å². The average Bonchev–Trinajstić information content (AvgIpc) is 3.38. The molecular weight excluding hydrogens is 512 g/mol. The zero-order valence-corrected chi connectivity index (χ0v) is 22.1. The molecule has 0 aromatic heterocycles. The highest BCUT2D eigenvalue weighted by Gasteiger charge is 2.37. The van der Waals surface area contributed by atoms with Crippen LogP contribution >= 0.6 is 15.9 Å². The van der Waals surface area contributed by atoms with Crippen molar-refractivity contribution < 1.29 is 9.47 Å². The van der Waals surface area contributed by atoms with Crippen molar-refractivity contribution in [2.75, 3.05) is 18.5 Å². The molecule has 5 rings (SSSR count). The number of ether oxygens (including phenoxy) is 2. The Morgan fingerprint density at radius 2 is 1.97 bits per heavy atom. The van der Waals surface area contributed by atoms with Gasteiger partial charge >= 0.3 is 0 Å². The number of aliphatic imine (C=N–C) groups is 1. The molecule has 3 aromatic carbocycles. The standard InChI is InChI=1S/C31H29BrN2O2/c1-4-15-36-31-27(32)17-21(18-29(31)35-5-2)19-33-23-12-10-22(11-13-23)30-25-8-6-7-24(25)26-16-20(3)9-14-28(26)34-30/h1,6-7,9-14,16-19,24-25,30,34H,5,8,15H2,2-3H3/t24-,25+,30+/m1/s1. The Balaban J connectivity index is 1.35. The Kier molecular flexibility index (Phi) is 7.16. The van der Waals surface area contributed by atoms with Gasteiger partial charge in [0.25, 0.3) is 0 Å². The maximum Gasteiger partial charge on any atom is 0.176 e. The number of halogens is 1. The third-order valence-corrected chi connectivity index (χ3v) is 7.35. The van der Waals surface area contributed by atoms with E-state index < -0.39 is 0 Å². The maximum absolute atomic E-state index is 5.76. The van der Waals surface area contributed by atoms with E-state index in [1.54, 1.807) is 0 Å². The molecule has 36 heavy (non-hydrogen) atoms. The van der Waals surface area contributed by atoms with Gasteiger partial charge in [-0.25, -0.2) is 0 Å².